The summed E-state index contributed by atoms with van der Waals surface area (Å²) < 4.78 is 18.7. The quantitative estimate of drug-likeness (QED) is 0.851. The van der Waals surface area contributed by atoms with Crippen LogP contribution in [0.3, 0.4) is 0 Å². The fourth-order valence-electron chi connectivity index (χ4n) is 2.90. The smallest absolute Gasteiger partial charge is 0.165 e. The first-order valence-corrected chi connectivity index (χ1v) is 7.03. The monoisotopic (exact) mass is 265 g/mol. The van der Waals surface area contributed by atoms with Gasteiger partial charge in [0.25, 0.3) is 0 Å². The summed E-state index contributed by atoms with van der Waals surface area (Å²) in [6, 6.07) is 5.71. The Morgan fingerprint density at radius 3 is 2.63 bits per heavy atom. The fraction of sp³-hybridized carbons (Fsp3) is 0.625. The van der Waals surface area contributed by atoms with Gasteiger partial charge in [0.05, 0.1) is 7.11 Å². The molecule has 0 radical (unpaired) electrons. The highest BCUT2D eigenvalue weighted by Gasteiger charge is 2.49. The van der Waals surface area contributed by atoms with E-state index >= 15 is 0 Å². The SMILES string of the molecule is CCNC(Cc1ccc(OC)c(F)c1)C1CC1(C)C. The van der Waals surface area contributed by atoms with Crippen molar-refractivity contribution in [1.82, 2.24) is 5.32 Å². The Hall–Kier alpha value is -1.09. The Labute approximate surface area is 115 Å². The highest BCUT2D eigenvalue weighted by atomic mass is 19.1. The summed E-state index contributed by atoms with van der Waals surface area (Å²) in [7, 11) is 1.49. The van der Waals surface area contributed by atoms with Crippen LogP contribution in [-0.2, 0) is 6.42 Å². The molecule has 1 aliphatic carbocycles. The van der Waals surface area contributed by atoms with Gasteiger partial charge < -0.3 is 10.1 Å². The second kappa shape index (κ2) is 5.49. The third kappa shape index (κ3) is 3.27. The van der Waals surface area contributed by atoms with E-state index in [-0.39, 0.29) is 5.82 Å². The standard InChI is InChI=1S/C16H24FNO/c1-5-18-14(12-10-16(12,2)3)9-11-6-7-15(19-4)13(17)8-11/h6-8,12,14,18H,5,9-10H2,1-4H3. The van der Waals surface area contributed by atoms with Crippen molar-refractivity contribution in [3.8, 4) is 5.75 Å². The minimum atomic E-state index is -0.273. The minimum absolute atomic E-state index is 0.273. The molecule has 0 bridgehead atoms. The van der Waals surface area contributed by atoms with Crippen molar-refractivity contribution in [2.75, 3.05) is 13.7 Å². The van der Waals surface area contributed by atoms with E-state index in [2.05, 4.69) is 26.1 Å². The Balaban J connectivity index is 2.07. The van der Waals surface area contributed by atoms with Crippen LogP contribution in [0.1, 0.15) is 32.8 Å². The molecule has 0 heterocycles. The van der Waals surface area contributed by atoms with E-state index < -0.39 is 0 Å². The molecular formula is C16H24FNO. The number of nitrogens with one attached hydrogen (secondary N) is 1. The highest BCUT2D eigenvalue weighted by molar-refractivity contribution is 5.30. The van der Waals surface area contributed by atoms with Crippen LogP contribution in [0.25, 0.3) is 0 Å². The first-order chi connectivity index (χ1) is 8.97. The van der Waals surface area contributed by atoms with Crippen molar-refractivity contribution in [2.24, 2.45) is 11.3 Å². The molecule has 2 unspecified atom stereocenters. The van der Waals surface area contributed by atoms with Crippen LogP contribution in [0.15, 0.2) is 18.2 Å². The number of hydrogen-bond donors (Lipinski definition) is 1. The number of hydrogen-bond acceptors (Lipinski definition) is 2. The zero-order valence-corrected chi connectivity index (χ0v) is 12.3. The van der Waals surface area contributed by atoms with E-state index in [1.54, 1.807) is 12.1 Å². The van der Waals surface area contributed by atoms with Gasteiger partial charge in [0.15, 0.2) is 11.6 Å². The van der Waals surface area contributed by atoms with Gasteiger partial charge >= 0.3 is 0 Å². The first kappa shape index (κ1) is 14.3. The van der Waals surface area contributed by atoms with E-state index in [1.807, 2.05) is 6.07 Å². The molecule has 2 nitrogen and oxygen atoms in total. The zero-order valence-electron chi connectivity index (χ0n) is 12.3. The molecule has 0 saturated heterocycles. The van der Waals surface area contributed by atoms with E-state index in [9.17, 15) is 4.39 Å². The fourth-order valence-corrected chi connectivity index (χ4v) is 2.90. The van der Waals surface area contributed by atoms with Crippen LogP contribution < -0.4 is 10.1 Å². The van der Waals surface area contributed by atoms with Gasteiger partial charge in [-0.1, -0.05) is 26.8 Å². The average molecular weight is 265 g/mol. The Kier molecular flexibility index (Phi) is 4.14. The third-order valence-corrected chi connectivity index (χ3v) is 4.21. The van der Waals surface area contributed by atoms with Crippen molar-refractivity contribution in [3.63, 3.8) is 0 Å². The lowest BCUT2D eigenvalue weighted by Crippen LogP contribution is -2.34. The van der Waals surface area contributed by atoms with Gasteiger partial charge in [0.1, 0.15) is 0 Å². The summed E-state index contributed by atoms with van der Waals surface area (Å²) in [5.74, 6) is 0.735. The molecule has 1 N–H and O–H groups in total. The summed E-state index contributed by atoms with van der Waals surface area (Å²) in [5, 5.41) is 3.54. The molecule has 0 spiro atoms. The number of benzene rings is 1. The van der Waals surface area contributed by atoms with E-state index in [0.29, 0.717) is 23.1 Å². The lowest BCUT2D eigenvalue weighted by Gasteiger charge is -2.20. The molecule has 106 valence electrons. The predicted octanol–water partition coefficient (Wildman–Crippen LogP) is 3.40. The maximum Gasteiger partial charge on any atom is 0.165 e. The largest absolute Gasteiger partial charge is 0.494 e. The van der Waals surface area contributed by atoms with E-state index in [1.165, 1.54) is 13.5 Å². The van der Waals surface area contributed by atoms with Crippen LogP contribution in [0.2, 0.25) is 0 Å². The Morgan fingerprint density at radius 1 is 1.47 bits per heavy atom. The maximum absolute atomic E-state index is 13.7. The second-order valence-corrected chi connectivity index (χ2v) is 6.14. The second-order valence-electron chi connectivity index (χ2n) is 6.14. The van der Waals surface area contributed by atoms with Crippen molar-refractivity contribution < 1.29 is 9.13 Å². The van der Waals surface area contributed by atoms with Crippen LogP contribution in [-0.4, -0.2) is 19.7 Å². The summed E-state index contributed by atoms with van der Waals surface area (Å²) in [6.07, 6.45) is 2.13. The minimum Gasteiger partial charge on any atom is -0.494 e. The maximum atomic E-state index is 13.7. The molecule has 1 aliphatic rings. The van der Waals surface area contributed by atoms with E-state index in [0.717, 1.165) is 18.5 Å². The molecular weight excluding hydrogens is 241 g/mol. The van der Waals surface area contributed by atoms with E-state index in [4.69, 9.17) is 4.74 Å². The summed E-state index contributed by atoms with van der Waals surface area (Å²) in [6.45, 7) is 7.68. The third-order valence-electron chi connectivity index (χ3n) is 4.21. The zero-order chi connectivity index (χ0) is 14.0. The van der Waals surface area contributed by atoms with Crippen molar-refractivity contribution in [3.05, 3.63) is 29.6 Å². The molecule has 2 rings (SSSR count). The lowest BCUT2D eigenvalue weighted by molar-refractivity contribution is 0.384. The molecule has 1 aromatic carbocycles. The van der Waals surface area contributed by atoms with Crippen molar-refractivity contribution in [1.29, 1.82) is 0 Å². The molecule has 1 saturated carbocycles. The Bertz CT molecular complexity index is 444. The molecule has 2 atom stereocenters. The van der Waals surface area contributed by atoms with Gasteiger partial charge in [-0.05, 0) is 48.4 Å². The lowest BCUT2D eigenvalue weighted by atomic mass is 9.97. The first-order valence-electron chi connectivity index (χ1n) is 7.03. The summed E-state index contributed by atoms with van der Waals surface area (Å²) in [5.41, 5.74) is 1.46. The van der Waals surface area contributed by atoms with Crippen LogP contribution in [0.5, 0.6) is 5.75 Å². The molecule has 1 fully saturated rings. The van der Waals surface area contributed by atoms with Crippen LogP contribution >= 0.6 is 0 Å². The molecule has 19 heavy (non-hydrogen) atoms. The number of halogens is 1. The topological polar surface area (TPSA) is 21.3 Å². The number of ether oxygens (including phenoxy) is 1. The molecule has 0 amide bonds. The van der Waals surface area contributed by atoms with Crippen molar-refractivity contribution >= 4 is 0 Å². The number of methoxy groups -OCH3 is 1. The van der Waals surface area contributed by atoms with Gasteiger partial charge in [-0.3, -0.25) is 0 Å². The van der Waals surface area contributed by atoms with Gasteiger partial charge in [-0.25, -0.2) is 4.39 Å². The van der Waals surface area contributed by atoms with Crippen LogP contribution in [0.4, 0.5) is 4.39 Å². The molecule has 1 aromatic rings. The predicted molar refractivity (Wildman–Crippen MR) is 76.0 cm³/mol. The molecule has 3 heteroatoms. The summed E-state index contributed by atoms with van der Waals surface area (Å²) >= 11 is 0. The van der Waals surface area contributed by atoms with Crippen LogP contribution in [0, 0.1) is 17.2 Å². The van der Waals surface area contributed by atoms with Gasteiger partial charge in [-0.15, -0.1) is 0 Å². The number of rotatable bonds is 6. The average Bonchev–Trinajstić information content (AvgIpc) is 2.98. The Morgan fingerprint density at radius 2 is 2.16 bits per heavy atom. The molecule has 0 aliphatic heterocycles. The normalized spacial score (nSPS) is 22.1. The van der Waals surface area contributed by atoms with Gasteiger partial charge in [0, 0.05) is 6.04 Å². The van der Waals surface area contributed by atoms with Crippen molar-refractivity contribution in [2.45, 2.75) is 39.7 Å². The summed E-state index contributed by atoms with van der Waals surface area (Å²) in [4.78, 5) is 0. The highest BCUT2D eigenvalue weighted by Crippen LogP contribution is 2.54. The molecule has 0 aromatic heterocycles. The van der Waals surface area contributed by atoms with Gasteiger partial charge in [-0.2, -0.15) is 0 Å². The number of likely N-dealkylation sites (N-methyl/N-ethyl adjacent to an activating group) is 1. The van der Waals surface area contributed by atoms with Gasteiger partial charge in [0.2, 0.25) is 0 Å².